The number of unbranched alkanes of at least 4 members (excludes halogenated alkanes) is 1. The number of carbonyl (C=O) groups excluding carboxylic acids is 1. The average molecular weight is 268 g/mol. The molecule has 0 saturated heterocycles. The van der Waals surface area contributed by atoms with Crippen molar-refractivity contribution >= 4 is 23.2 Å². The number of hydrogen-bond acceptors (Lipinski definition) is 4. The van der Waals surface area contributed by atoms with E-state index in [0.717, 1.165) is 6.07 Å². The third-order valence-corrected chi connectivity index (χ3v) is 2.48. The lowest BCUT2D eigenvalue weighted by Crippen LogP contribution is -2.24. The standard InChI is InChI=1S/C11H10ClN3O3/c12-9-4-3-8(7-10(9)15(17)18)11(16)14-6-2-1-5-13/h3-4,7H,1-2,6H2,(H,14,16). The Kier molecular flexibility index (Phi) is 5.08. The van der Waals surface area contributed by atoms with E-state index < -0.39 is 10.8 Å². The molecule has 0 fully saturated rings. The molecule has 0 atom stereocenters. The number of nitro groups is 1. The summed E-state index contributed by atoms with van der Waals surface area (Å²) in [5, 5.41) is 21.5. The molecule has 1 rings (SSSR count). The molecule has 94 valence electrons. The highest BCUT2D eigenvalue weighted by atomic mass is 35.5. The van der Waals surface area contributed by atoms with E-state index in [2.05, 4.69) is 5.32 Å². The smallest absolute Gasteiger partial charge is 0.288 e. The fourth-order valence-corrected chi connectivity index (χ4v) is 1.45. The number of carbonyl (C=O) groups is 1. The van der Waals surface area contributed by atoms with Gasteiger partial charge in [0.1, 0.15) is 5.02 Å². The summed E-state index contributed by atoms with van der Waals surface area (Å²) in [5.74, 6) is -0.423. The van der Waals surface area contributed by atoms with Crippen molar-refractivity contribution < 1.29 is 9.72 Å². The predicted octanol–water partition coefficient (Wildman–Crippen LogP) is 2.28. The summed E-state index contributed by atoms with van der Waals surface area (Å²) < 4.78 is 0. The van der Waals surface area contributed by atoms with Gasteiger partial charge in [0.2, 0.25) is 0 Å². The quantitative estimate of drug-likeness (QED) is 0.503. The molecule has 0 aliphatic rings. The molecule has 18 heavy (non-hydrogen) atoms. The van der Waals surface area contributed by atoms with Crippen LogP contribution in [-0.4, -0.2) is 17.4 Å². The fraction of sp³-hybridized carbons (Fsp3) is 0.273. The second-order valence-electron chi connectivity index (χ2n) is 3.44. The second kappa shape index (κ2) is 6.57. The SMILES string of the molecule is N#CCCCNC(=O)c1ccc(Cl)c([N+](=O)[O-])c1. The second-order valence-corrected chi connectivity index (χ2v) is 3.85. The van der Waals surface area contributed by atoms with Crippen LogP contribution in [0.4, 0.5) is 5.69 Å². The molecule has 1 amide bonds. The summed E-state index contributed by atoms with van der Waals surface area (Å²) in [4.78, 5) is 21.6. The molecule has 7 heteroatoms. The Balaban J connectivity index is 2.72. The summed E-state index contributed by atoms with van der Waals surface area (Å²) in [7, 11) is 0. The summed E-state index contributed by atoms with van der Waals surface area (Å²) in [6.07, 6.45) is 0.888. The van der Waals surface area contributed by atoms with Crippen LogP contribution in [-0.2, 0) is 0 Å². The highest BCUT2D eigenvalue weighted by Crippen LogP contribution is 2.24. The molecule has 6 nitrogen and oxygen atoms in total. The van der Waals surface area contributed by atoms with E-state index in [1.165, 1.54) is 12.1 Å². The molecule has 1 aromatic rings. The van der Waals surface area contributed by atoms with E-state index in [1.807, 2.05) is 6.07 Å². The van der Waals surface area contributed by atoms with Crippen molar-refractivity contribution in [1.29, 1.82) is 5.26 Å². The molecule has 1 aromatic carbocycles. The van der Waals surface area contributed by atoms with Gasteiger partial charge >= 0.3 is 0 Å². The lowest BCUT2D eigenvalue weighted by molar-refractivity contribution is -0.384. The first-order valence-corrected chi connectivity index (χ1v) is 5.53. The van der Waals surface area contributed by atoms with Gasteiger partial charge < -0.3 is 5.32 Å². The van der Waals surface area contributed by atoms with Crippen molar-refractivity contribution in [2.45, 2.75) is 12.8 Å². The minimum Gasteiger partial charge on any atom is -0.352 e. The zero-order chi connectivity index (χ0) is 13.5. The topological polar surface area (TPSA) is 96.0 Å². The maximum absolute atomic E-state index is 11.6. The van der Waals surface area contributed by atoms with Crippen LogP contribution in [0.1, 0.15) is 23.2 Å². The van der Waals surface area contributed by atoms with E-state index in [-0.39, 0.29) is 16.3 Å². The van der Waals surface area contributed by atoms with E-state index in [1.54, 1.807) is 0 Å². The van der Waals surface area contributed by atoms with Gasteiger partial charge in [-0.2, -0.15) is 5.26 Å². The highest BCUT2D eigenvalue weighted by molar-refractivity contribution is 6.32. The average Bonchev–Trinajstić information content (AvgIpc) is 2.34. The predicted molar refractivity (Wildman–Crippen MR) is 65.3 cm³/mol. The van der Waals surface area contributed by atoms with Gasteiger partial charge in [0.15, 0.2) is 0 Å². The van der Waals surface area contributed by atoms with Gasteiger partial charge in [0.05, 0.1) is 11.0 Å². The number of amides is 1. The molecule has 0 aromatic heterocycles. The van der Waals surface area contributed by atoms with Crippen LogP contribution >= 0.6 is 11.6 Å². The molecule has 0 aliphatic carbocycles. The van der Waals surface area contributed by atoms with Crippen molar-refractivity contribution in [3.8, 4) is 6.07 Å². The van der Waals surface area contributed by atoms with Crippen LogP contribution in [0.2, 0.25) is 5.02 Å². The lowest BCUT2D eigenvalue weighted by atomic mass is 10.2. The molecule has 0 bridgehead atoms. The number of nitrogens with one attached hydrogen (secondary N) is 1. The first kappa shape index (κ1) is 13.9. The Labute approximate surface area is 108 Å². The van der Waals surface area contributed by atoms with Crippen LogP contribution in [0.25, 0.3) is 0 Å². The number of benzene rings is 1. The summed E-state index contributed by atoms with van der Waals surface area (Å²) >= 11 is 5.63. The molecule has 1 N–H and O–H groups in total. The normalized spacial score (nSPS) is 9.56. The van der Waals surface area contributed by atoms with Crippen molar-refractivity contribution in [2.24, 2.45) is 0 Å². The zero-order valence-corrected chi connectivity index (χ0v) is 10.1. The molecule has 0 spiro atoms. The summed E-state index contributed by atoms with van der Waals surface area (Å²) in [6, 6.07) is 5.80. The third kappa shape index (κ3) is 3.71. The van der Waals surface area contributed by atoms with E-state index in [9.17, 15) is 14.9 Å². The van der Waals surface area contributed by atoms with Gasteiger partial charge in [-0.15, -0.1) is 0 Å². The van der Waals surface area contributed by atoms with Gasteiger partial charge in [-0.25, -0.2) is 0 Å². The van der Waals surface area contributed by atoms with Gasteiger partial charge in [-0.3, -0.25) is 14.9 Å². The van der Waals surface area contributed by atoms with Crippen LogP contribution in [0.3, 0.4) is 0 Å². The number of nitriles is 1. The Morgan fingerprint density at radius 2 is 2.28 bits per heavy atom. The van der Waals surface area contributed by atoms with Gasteiger partial charge in [-0.05, 0) is 18.6 Å². The van der Waals surface area contributed by atoms with Crippen molar-refractivity contribution in [1.82, 2.24) is 5.32 Å². The van der Waals surface area contributed by atoms with Crippen LogP contribution < -0.4 is 5.32 Å². The van der Waals surface area contributed by atoms with Gasteiger partial charge in [0, 0.05) is 24.6 Å². The van der Waals surface area contributed by atoms with Gasteiger partial charge in [0.25, 0.3) is 11.6 Å². The summed E-state index contributed by atoms with van der Waals surface area (Å²) in [6.45, 7) is 0.350. The highest BCUT2D eigenvalue weighted by Gasteiger charge is 2.15. The zero-order valence-electron chi connectivity index (χ0n) is 9.35. The van der Waals surface area contributed by atoms with Crippen molar-refractivity contribution in [2.75, 3.05) is 6.54 Å². The maximum atomic E-state index is 11.6. The van der Waals surface area contributed by atoms with Gasteiger partial charge in [-0.1, -0.05) is 11.6 Å². The summed E-state index contributed by atoms with van der Waals surface area (Å²) in [5.41, 5.74) is -0.135. The fourth-order valence-electron chi connectivity index (χ4n) is 1.27. The third-order valence-electron chi connectivity index (χ3n) is 2.16. The Bertz CT molecular complexity index is 511. The van der Waals surface area contributed by atoms with Crippen molar-refractivity contribution in [3.63, 3.8) is 0 Å². The number of nitro benzene ring substituents is 1. The molecule has 0 unspecified atom stereocenters. The number of rotatable bonds is 5. The first-order valence-electron chi connectivity index (χ1n) is 5.15. The molecule has 0 radical (unpaired) electrons. The minimum absolute atomic E-state index is 0.0129. The number of hydrogen-bond donors (Lipinski definition) is 1. The molecule has 0 saturated carbocycles. The number of halogens is 1. The Morgan fingerprint density at radius 3 is 2.89 bits per heavy atom. The number of nitrogens with zero attached hydrogens (tertiary/aromatic N) is 2. The molecule has 0 aliphatic heterocycles. The molecular formula is C11H10ClN3O3. The lowest BCUT2D eigenvalue weighted by Gasteiger charge is -2.04. The Morgan fingerprint density at radius 1 is 1.56 bits per heavy atom. The van der Waals surface area contributed by atoms with Crippen LogP contribution in [0, 0.1) is 21.4 Å². The largest absolute Gasteiger partial charge is 0.352 e. The maximum Gasteiger partial charge on any atom is 0.288 e. The van der Waals surface area contributed by atoms with Crippen LogP contribution in [0.5, 0.6) is 0 Å². The Hall–Kier alpha value is -2.13. The van der Waals surface area contributed by atoms with Crippen molar-refractivity contribution in [3.05, 3.63) is 38.9 Å². The van der Waals surface area contributed by atoms with E-state index in [0.29, 0.717) is 19.4 Å². The van der Waals surface area contributed by atoms with Crippen LogP contribution in [0.15, 0.2) is 18.2 Å². The molecule has 0 heterocycles. The van der Waals surface area contributed by atoms with E-state index >= 15 is 0 Å². The minimum atomic E-state index is -0.644. The van der Waals surface area contributed by atoms with E-state index in [4.69, 9.17) is 16.9 Å². The monoisotopic (exact) mass is 267 g/mol. The molecular weight excluding hydrogens is 258 g/mol. The first-order chi connectivity index (χ1) is 8.56.